The van der Waals surface area contributed by atoms with Crippen LogP contribution in [-0.2, 0) is 21.1 Å². The van der Waals surface area contributed by atoms with Crippen LogP contribution in [0, 0.1) is 6.92 Å². The number of benzene rings is 1. The van der Waals surface area contributed by atoms with Crippen LogP contribution in [0.1, 0.15) is 17.5 Å². The minimum atomic E-state index is -3.16. The zero-order valence-electron chi connectivity index (χ0n) is 8.86. The maximum absolute atomic E-state index is 11.3. The molecule has 3 nitrogen and oxygen atoms in total. The van der Waals surface area contributed by atoms with Gasteiger partial charge in [0.15, 0.2) is 9.84 Å². The standard InChI is InChI=1S/C11H14O3S/c1-9-5-6-11(15(2,13)14)8-10(9)4-3-7-12/h5-8H,3-4H2,1-2H3. The van der Waals surface area contributed by atoms with Gasteiger partial charge in [-0.05, 0) is 36.6 Å². The molecule has 0 bridgehead atoms. The summed E-state index contributed by atoms with van der Waals surface area (Å²) < 4.78 is 22.6. The first-order chi connectivity index (χ1) is 6.95. The predicted octanol–water partition coefficient (Wildman–Crippen LogP) is 1.53. The molecule has 0 aromatic heterocycles. The molecular weight excluding hydrogens is 212 g/mol. The summed E-state index contributed by atoms with van der Waals surface area (Å²) in [6.45, 7) is 1.91. The van der Waals surface area contributed by atoms with Crippen molar-refractivity contribution in [2.75, 3.05) is 6.26 Å². The van der Waals surface area contributed by atoms with Crippen LogP contribution in [0.2, 0.25) is 0 Å². The molecule has 0 aliphatic carbocycles. The Labute approximate surface area is 90.0 Å². The first-order valence-corrected chi connectivity index (χ1v) is 6.57. The van der Waals surface area contributed by atoms with Crippen molar-refractivity contribution < 1.29 is 13.2 Å². The number of rotatable bonds is 4. The van der Waals surface area contributed by atoms with Crippen LogP contribution < -0.4 is 0 Å². The number of carbonyl (C=O) groups excluding carboxylic acids is 1. The molecule has 0 spiro atoms. The third-order valence-corrected chi connectivity index (χ3v) is 3.39. The molecule has 0 atom stereocenters. The minimum Gasteiger partial charge on any atom is -0.303 e. The highest BCUT2D eigenvalue weighted by molar-refractivity contribution is 7.90. The number of sulfone groups is 1. The lowest BCUT2D eigenvalue weighted by molar-refractivity contribution is -0.107. The number of aryl methyl sites for hydroxylation is 2. The lowest BCUT2D eigenvalue weighted by Crippen LogP contribution is -2.00. The van der Waals surface area contributed by atoms with Gasteiger partial charge in [0.25, 0.3) is 0 Å². The first-order valence-electron chi connectivity index (χ1n) is 4.68. The first kappa shape index (κ1) is 11.9. The van der Waals surface area contributed by atoms with E-state index >= 15 is 0 Å². The number of hydrogen-bond donors (Lipinski definition) is 0. The van der Waals surface area contributed by atoms with E-state index in [2.05, 4.69) is 0 Å². The second-order valence-electron chi connectivity index (χ2n) is 3.57. The summed E-state index contributed by atoms with van der Waals surface area (Å²) in [6.07, 6.45) is 3.04. The van der Waals surface area contributed by atoms with Crippen molar-refractivity contribution in [3.63, 3.8) is 0 Å². The van der Waals surface area contributed by atoms with Crippen LogP contribution in [0.3, 0.4) is 0 Å². The van der Waals surface area contributed by atoms with Gasteiger partial charge in [0.2, 0.25) is 0 Å². The Hall–Kier alpha value is -1.16. The van der Waals surface area contributed by atoms with E-state index in [0.717, 1.165) is 17.4 Å². The fraction of sp³-hybridized carbons (Fsp3) is 0.364. The van der Waals surface area contributed by atoms with Crippen LogP contribution >= 0.6 is 0 Å². The number of hydrogen-bond acceptors (Lipinski definition) is 3. The molecule has 15 heavy (non-hydrogen) atoms. The molecule has 0 N–H and O–H groups in total. The quantitative estimate of drug-likeness (QED) is 0.732. The van der Waals surface area contributed by atoms with Crippen molar-refractivity contribution >= 4 is 16.1 Å². The molecule has 4 heteroatoms. The van der Waals surface area contributed by atoms with Crippen molar-refractivity contribution in [1.29, 1.82) is 0 Å². The topological polar surface area (TPSA) is 51.2 Å². The maximum atomic E-state index is 11.3. The summed E-state index contributed by atoms with van der Waals surface area (Å²) >= 11 is 0. The van der Waals surface area contributed by atoms with E-state index in [1.165, 1.54) is 6.26 Å². The van der Waals surface area contributed by atoms with Crippen molar-refractivity contribution in [2.45, 2.75) is 24.7 Å². The molecule has 1 aromatic rings. The summed E-state index contributed by atoms with van der Waals surface area (Å²) in [5, 5.41) is 0. The van der Waals surface area contributed by atoms with Crippen molar-refractivity contribution in [1.82, 2.24) is 0 Å². The smallest absolute Gasteiger partial charge is 0.175 e. The molecule has 82 valence electrons. The molecule has 0 unspecified atom stereocenters. The Morgan fingerprint density at radius 2 is 2.00 bits per heavy atom. The highest BCUT2D eigenvalue weighted by Crippen LogP contribution is 2.16. The maximum Gasteiger partial charge on any atom is 0.175 e. The average molecular weight is 226 g/mol. The fourth-order valence-electron chi connectivity index (χ4n) is 1.36. The SMILES string of the molecule is Cc1ccc(S(C)(=O)=O)cc1CCC=O. The highest BCUT2D eigenvalue weighted by Gasteiger charge is 2.08. The zero-order chi connectivity index (χ0) is 11.5. The third-order valence-electron chi connectivity index (χ3n) is 2.28. The molecule has 0 saturated carbocycles. The summed E-state index contributed by atoms with van der Waals surface area (Å²) in [7, 11) is -3.16. The number of carbonyl (C=O) groups is 1. The fourth-order valence-corrected chi connectivity index (χ4v) is 2.03. The largest absolute Gasteiger partial charge is 0.303 e. The van der Waals surface area contributed by atoms with E-state index in [1.807, 2.05) is 6.92 Å². The molecule has 0 aliphatic rings. The normalized spacial score (nSPS) is 11.3. The zero-order valence-corrected chi connectivity index (χ0v) is 9.67. The van der Waals surface area contributed by atoms with Gasteiger partial charge in [-0.1, -0.05) is 6.07 Å². The monoisotopic (exact) mass is 226 g/mol. The van der Waals surface area contributed by atoms with E-state index in [4.69, 9.17) is 0 Å². The predicted molar refractivity (Wildman–Crippen MR) is 58.7 cm³/mol. The van der Waals surface area contributed by atoms with Gasteiger partial charge >= 0.3 is 0 Å². The molecule has 1 rings (SSSR count). The molecule has 0 aliphatic heterocycles. The molecule has 0 radical (unpaired) electrons. The highest BCUT2D eigenvalue weighted by atomic mass is 32.2. The average Bonchev–Trinajstić information content (AvgIpc) is 2.15. The molecule has 0 heterocycles. The van der Waals surface area contributed by atoms with E-state index in [1.54, 1.807) is 18.2 Å². The summed E-state index contributed by atoms with van der Waals surface area (Å²) in [6, 6.07) is 5.01. The molecule has 1 aromatic carbocycles. The molecule has 0 amide bonds. The van der Waals surface area contributed by atoms with Gasteiger partial charge in [0, 0.05) is 12.7 Å². The van der Waals surface area contributed by atoms with Gasteiger partial charge < -0.3 is 4.79 Å². The minimum absolute atomic E-state index is 0.314. The van der Waals surface area contributed by atoms with E-state index in [-0.39, 0.29) is 0 Å². The second-order valence-corrected chi connectivity index (χ2v) is 5.58. The molecule has 0 fully saturated rings. The van der Waals surface area contributed by atoms with Gasteiger partial charge in [-0.2, -0.15) is 0 Å². The van der Waals surface area contributed by atoms with Gasteiger partial charge in [0.05, 0.1) is 4.90 Å². The Kier molecular flexibility index (Phi) is 3.63. The van der Waals surface area contributed by atoms with Gasteiger partial charge in [-0.3, -0.25) is 0 Å². The Balaban J connectivity index is 3.11. The lowest BCUT2D eigenvalue weighted by atomic mass is 10.0. The van der Waals surface area contributed by atoms with Crippen molar-refractivity contribution in [2.24, 2.45) is 0 Å². The van der Waals surface area contributed by atoms with Crippen LogP contribution in [-0.4, -0.2) is 21.0 Å². The van der Waals surface area contributed by atoms with Crippen LogP contribution in [0.25, 0.3) is 0 Å². The third kappa shape index (κ3) is 3.16. The Morgan fingerprint density at radius 1 is 1.33 bits per heavy atom. The number of aldehydes is 1. The van der Waals surface area contributed by atoms with E-state index in [0.29, 0.717) is 17.7 Å². The second kappa shape index (κ2) is 4.57. The summed E-state index contributed by atoms with van der Waals surface area (Å²) in [5.41, 5.74) is 1.94. The van der Waals surface area contributed by atoms with Crippen LogP contribution in [0.4, 0.5) is 0 Å². The molecular formula is C11H14O3S. The lowest BCUT2D eigenvalue weighted by Gasteiger charge is -2.06. The summed E-state index contributed by atoms with van der Waals surface area (Å²) in [4.78, 5) is 10.6. The Bertz CT molecular complexity index is 461. The van der Waals surface area contributed by atoms with Crippen LogP contribution in [0.5, 0.6) is 0 Å². The van der Waals surface area contributed by atoms with Gasteiger partial charge in [0.1, 0.15) is 6.29 Å². The Morgan fingerprint density at radius 3 is 2.53 bits per heavy atom. The molecule has 0 saturated heterocycles. The van der Waals surface area contributed by atoms with E-state index < -0.39 is 9.84 Å². The van der Waals surface area contributed by atoms with Gasteiger partial charge in [-0.25, -0.2) is 8.42 Å². The van der Waals surface area contributed by atoms with Crippen LogP contribution in [0.15, 0.2) is 23.1 Å². The van der Waals surface area contributed by atoms with E-state index in [9.17, 15) is 13.2 Å². The summed E-state index contributed by atoms with van der Waals surface area (Å²) in [5.74, 6) is 0. The van der Waals surface area contributed by atoms with Crippen molar-refractivity contribution in [3.05, 3.63) is 29.3 Å². The van der Waals surface area contributed by atoms with Crippen molar-refractivity contribution in [3.8, 4) is 0 Å². The van der Waals surface area contributed by atoms with Gasteiger partial charge in [-0.15, -0.1) is 0 Å².